The molecule has 1 aliphatic rings. The van der Waals surface area contributed by atoms with Crippen LogP contribution in [0.15, 0.2) is 35.4 Å². The van der Waals surface area contributed by atoms with Crippen LogP contribution in [0.3, 0.4) is 0 Å². The van der Waals surface area contributed by atoms with Crippen molar-refractivity contribution in [2.75, 3.05) is 18.1 Å². The molecule has 0 amide bonds. The van der Waals surface area contributed by atoms with Crippen LogP contribution in [0.2, 0.25) is 0 Å². The number of thioether (sulfide) groups is 1. The third kappa shape index (κ3) is 2.94. The molecule has 2 heterocycles. The summed E-state index contributed by atoms with van der Waals surface area (Å²) in [6.45, 7) is 3.39. The first-order valence-corrected chi connectivity index (χ1v) is 8.53. The molecule has 1 atom stereocenters. The minimum Gasteiger partial charge on any atom is -0.351 e. The standard InChI is InChI=1S/C14H19N3S2/c1-11-10-18-8-7-17(11)15-19-13-4-3-12-5-6-16(2)14(12)9-13/h3-6,9,11,15H,7-8,10H2,1-2H3. The van der Waals surface area contributed by atoms with Crippen LogP contribution in [0.25, 0.3) is 10.9 Å². The molecular formula is C14H19N3S2. The summed E-state index contributed by atoms with van der Waals surface area (Å²) in [5, 5.41) is 3.64. The molecule has 1 saturated heterocycles. The highest BCUT2D eigenvalue weighted by Gasteiger charge is 2.18. The van der Waals surface area contributed by atoms with Gasteiger partial charge in [0, 0.05) is 47.7 Å². The van der Waals surface area contributed by atoms with Crippen LogP contribution in [0.1, 0.15) is 6.92 Å². The number of nitrogens with zero attached hydrogens (tertiary/aromatic N) is 2. The molecular weight excluding hydrogens is 274 g/mol. The molecule has 2 aromatic rings. The van der Waals surface area contributed by atoms with Crippen LogP contribution in [-0.2, 0) is 7.05 Å². The summed E-state index contributed by atoms with van der Waals surface area (Å²) in [5.41, 5.74) is 1.29. The first kappa shape index (κ1) is 13.4. The van der Waals surface area contributed by atoms with E-state index in [1.807, 2.05) is 11.8 Å². The van der Waals surface area contributed by atoms with Crippen molar-refractivity contribution in [1.29, 1.82) is 0 Å². The third-order valence-corrected chi connectivity index (χ3v) is 5.51. The number of hydrazine groups is 1. The van der Waals surface area contributed by atoms with Crippen molar-refractivity contribution < 1.29 is 0 Å². The van der Waals surface area contributed by atoms with E-state index in [0.717, 1.165) is 6.54 Å². The monoisotopic (exact) mass is 293 g/mol. The highest BCUT2D eigenvalue weighted by molar-refractivity contribution is 7.99. The number of benzene rings is 1. The normalized spacial score (nSPS) is 21.1. The fraction of sp³-hybridized carbons (Fsp3) is 0.429. The summed E-state index contributed by atoms with van der Waals surface area (Å²) >= 11 is 3.75. The second kappa shape index (κ2) is 5.79. The Morgan fingerprint density at radius 2 is 2.26 bits per heavy atom. The molecule has 0 bridgehead atoms. The minimum atomic E-state index is 0.602. The number of hydrogen-bond acceptors (Lipinski definition) is 4. The molecule has 0 radical (unpaired) electrons. The van der Waals surface area contributed by atoms with E-state index in [-0.39, 0.29) is 0 Å². The summed E-state index contributed by atoms with van der Waals surface area (Å²) in [6, 6.07) is 9.38. The molecule has 1 fully saturated rings. The lowest BCUT2D eigenvalue weighted by molar-refractivity contribution is 0.209. The zero-order valence-corrected chi connectivity index (χ0v) is 12.9. The Morgan fingerprint density at radius 3 is 3.11 bits per heavy atom. The minimum absolute atomic E-state index is 0.602. The highest BCUT2D eigenvalue weighted by Crippen LogP contribution is 2.24. The maximum Gasteiger partial charge on any atom is 0.0489 e. The van der Waals surface area contributed by atoms with E-state index < -0.39 is 0 Å². The third-order valence-electron chi connectivity index (χ3n) is 3.51. The molecule has 3 rings (SSSR count). The van der Waals surface area contributed by atoms with Gasteiger partial charge in [-0.3, -0.25) is 0 Å². The quantitative estimate of drug-likeness (QED) is 0.877. The highest BCUT2D eigenvalue weighted by atomic mass is 32.2. The molecule has 1 N–H and O–H groups in total. The van der Waals surface area contributed by atoms with Gasteiger partial charge in [0.05, 0.1) is 0 Å². The number of aromatic nitrogens is 1. The van der Waals surface area contributed by atoms with Crippen molar-refractivity contribution in [3.63, 3.8) is 0 Å². The van der Waals surface area contributed by atoms with E-state index >= 15 is 0 Å². The van der Waals surface area contributed by atoms with Gasteiger partial charge in [-0.1, -0.05) is 6.07 Å². The summed E-state index contributed by atoms with van der Waals surface area (Å²) in [7, 11) is 2.09. The van der Waals surface area contributed by atoms with Crippen LogP contribution >= 0.6 is 23.7 Å². The lowest BCUT2D eigenvalue weighted by atomic mass is 10.2. The number of nitrogens with one attached hydrogen (secondary N) is 1. The SMILES string of the molecule is CC1CSCCN1NSc1ccc2ccn(C)c2c1. The summed E-state index contributed by atoms with van der Waals surface area (Å²) in [4.78, 5) is 4.76. The Morgan fingerprint density at radius 1 is 1.37 bits per heavy atom. The average Bonchev–Trinajstić information content (AvgIpc) is 2.79. The Hall–Kier alpha value is -0.620. The van der Waals surface area contributed by atoms with Crippen LogP contribution < -0.4 is 4.83 Å². The Kier molecular flexibility index (Phi) is 4.07. The van der Waals surface area contributed by atoms with Crippen LogP contribution in [0.4, 0.5) is 0 Å². The lowest BCUT2D eigenvalue weighted by Crippen LogP contribution is -2.46. The van der Waals surface area contributed by atoms with Crippen molar-refractivity contribution in [2.45, 2.75) is 17.9 Å². The summed E-state index contributed by atoms with van der Waals surface area (Å²) < 4.78 is 2.17. The van der Waals surface area contributed by atoms with Gasteiger partial charge in [-0.15, -0.1) is 0 Å². The second-order valence-electron chi connectivity index (χ2n) is 4.96. The number of fused-ring (bicyclic) bond motifs is 1. The molecule has 19 heavy (non-hydrogen) atoms. The zero-order valence-electron chi connectivity index (χ0n) is 11.3. The number of aryl methyl sites for hydroxylation is 1. The number of rotatable bonds is 3. The topological polar surface area (TPSA) is 20.2 Å². The van der Waals surface area contributed by atoms with Crippen LogP contribution in [-0.4, -0.2) is 33.7 Å². The molecule has 0 saturated carbocycles. The van der Waals surface area contributed by atoms with E-state index in [0.29, 0.717) is 6.04 Å². The predicted octanol–water partition coefficient (Wildman–Crippen LogP) is 3.13. The molecule has 1 unspecified atom stereocenters. The maximum atomic E-state index is 3.49. The molecule has 1 aliphatic heterocycles. The molecule has 0 spiro atoms. The lowest BCUT2D eigenvalue weighted by Gasteiger charge is -2.32. The van der Waals surface area contributed by atoms with E-state index in [1.54, 1.807) is 11.9 Å². The van der Waals surface area contributed by atoms with Gasteiger partial charge in [0.1, 0.15) is 0 Å². The average molecular weight is 293 g/mol. The van der Waals surface area contributed by atoms with E-state index in [4.69, 9.17) is 0 Å². The maximum absolute atomic E-state index is 3.49. The van der Waals surface area contributed by atoms with Gasteiger partial charge in [0.25, 0.3) is 0 Å². The number of hydrogen-bond donors (Lipinski definition) is 1. The fourth-order valence-electron chi connectivity index (χ4n) is 2.28. The van der Waals surface area contributed by atoms with Gasteiger partial charge in [-0.25, -0.2) is 5.01 Å². The molecule has 102 valence electrons. The molecule has 0 aliphatic carbocycles. The Labute approximate surface area is 122 Å². The van der Waals surface area contributed by atoms with Gasteiger partial charge in [0.2, 0.25) is 0 Å². The van der Waals surface area contributed by atoms with Crippen LogP contribution in [0, 0.1) is 0 Å². The molecule has 5 heteroatoms. The van der Waals surface area contributed by atoms with Gasteiger partial charge in [-0.2, -0.15) is 16.6 Å². The second-order valence-corrected chi connectivity index (χ2v) is 6.97. The first-order valence-electron chi connectivity index (χ1n) is 6.56. The van der Waals surface area contributed by atoms with Crippen molar-refractivity contribution in [1.82, 2.24) is 14.4 Å². The fourth-order valence-corrected chi connectivity index (χ4v) is 4.09. The van der Waals surface area contributed by atoms with Gasteiger partial charge in [0.15, 0.2) is 0 Å². The summed E-state index contributed by atoms with van der Waals surface area (Å²) in [6.07, 6.45) is 2.11. The largest absolute Gasteiger partial charge is 0.351 e. The summed E-state index contributed by atoms with van der Waals surface area (Å²) in [5.74, 6) is 2.43. The zero-order chi connectivity index (χ0) is 13.2. The van der Waals surface area contributed by atoms with Gasteiger partial charge in [-0.05, 0) is 42.5 Å². The first-order chi connectivity index (χ1) is 9.24. The molecule has 3 nitrogen and oxygen atoms in total. The predicted molar refractivity (Wildman–Crippen MR) is 85.4 cm³/mol. The van der Waals surface area contributed by atoms with E-state index in [9.17, 15) is 0 Å². The Bertz CT molecular complexity index is 567. The Balaban J connectivity index is 1.69. The van der Waals surface area contributed by atoms with Crippen molar-refractivity contribution >= 4 is 34.6 Å². The van der Waals surface area contributed by atoms with Gasteiger partial charge < -0.3 is 4.57 Å². The van der Waals surface area contributed by atoms with Gasteiger partial charge >= 0.3 is 0 Å². The molecule has 1 aromatic heterocycles. The van der Waals surface area contributed by atoms with Crippen LogP contribution in [0.5, 0.6) is 0 Å². The van der Waals surface area contributed by atoms with E-state index in [1.165, 1.54) is 27.3 Å². The molecule has 1 aromatic carbocycles. The van der Waals surface area contributed by atoms with E-state index in [2.05, 4.69) is 58.8 Å². The smallest absolute Gasteiger partial charge is 0.0489 e. The van der Waals surface area contributed by atoms with Crippen molar-refractivity contribution in [3.8, 4) is 0 Å². The van der Waals surface area contributed by atoms with Crippen molar-refractivity contribution in [2.24, 2.45) is 7.05 Å². The van der Waals surface area contributed by atoms with Crippen molar-refractivity contribution in [3.05, 3.63) is 30.5 Å².